The summed E-state index contributed by atoms with van der Waals surface area (Å²) >= 11 is 0. The average Bonchev–Trinajstić information content (AvgIpc) is 2.31. The molecular weight excluding hydrogens is 236 g/mol. The Morgan fingerprint density at radius 3 is 1.67 bits per heavy atom. The molecule has 0 aromatic rings. The lowest BCUT2D eigenvalue weighted by Gasteiger charge is -2.34. The molecule has 18 heavy (non-hydrogen) atoms. The number of aliphatic hydroxyl groups is 1. The Labute approximate surface area is 108 Å². The summed E-state index contributed by atoms with van der Waals surface area (Å²) in [6.07, 6.45) is -0.574. The Morgan fingerprint density at radius 1 is 1.06 bits per heavy atom. The zero-order chi connectivity index (χ0) is 14.3. The lowest BCUT2D eigenvalue weighted by atomic mass is 9.71. The van der Waals surface area contributed by atoms with Gasteiger partial charge in [-0.05, 0) is 27.2 Å². The monoisotopic (exact) mass is 260 g/mol. The molecule has 0 aromatic heterocycles. The number of ether oxygens (including phenoxy) is 2. The van der Waals surface area contributed by atoms with Crippen molar-refractivity contribution in [2.45, 2.75) is 47.1 Å². The number of rotatable bonds is 7. The topological polar surface area (TPSA) is 72.8 Å². The number of hydrogen-bond acceptors (Lipinski definition) is 5. The Kier molecular flexibility index (Phi) is 6.91. The van der Waals surface area contributed by atoms with Gasteiger partial charge in [0, 0.05) is 5.92 Å². The number of aliphatic hydroxyl groups excluding tert-OH is 1. The fourth-order valence-corrected chi connectivity index (χ4v) is 2.00. The van der Waals surface area contributed by atoms with Gasteiger partial charge in [-0.3, -0.25) is 9.59 Å². The fourth-order valence-electron chi connectivity index (χ4n) is 2.00. The summed E-state index contributed by atoms with van der Waals surface area (Å²) in [6, 6.07) is 0. The smallest absolute Gasteiger partial charge is 0.323 e. The molecule has 0 amide bonds. The third-order valence-electron chi connectivity index (χ3n) is 3.34. The van der Waals surface area contributed by atoms with E-state index in [4.69, 9.17) is 9.47 Å². The van der Waals surface area contributed by atoms with Crippen LogP contribution in [0, 0.1) is 11.3 Å². The second-order valence-electron chi connectivity index (χ2n) is 4.30. The summed E-state index contributed by atoms with van der Waals surface area (Å²) in [5.41, 5.74) is -1.43. The molecule has 0 saturated heterocycles. The van der Waals surface area contributed by atoms with Crippen LogP contribution in [-0.4, -0.2) is 36.4 Å². The summed E-state index contributed by atoms with van der Waals surface area (Å²) in [5, 5.41) is 9.71. The third-order valence-corrected chi connectivity index (χ3v) is 3.34. The van der Waals surface area contributed by atoms with Crippen LogP contribution in [0.15, 0.2) is 0 Å². The van der Waals surface area contributed by atoms with Gasteiger partial charge in [0.25, 0.3) is 0 Å². The molecule has 106 valence electrons. The van der Waals surface area contributed by atoms with Crippen molar-refractivity contribution in [2.75, 3.05) is 13.2 Å². The molecule has 2 atom stereocenters. The first kappa shape index (κ1) is 16.9. The van der Waals surface area contributed by atoms with Crippen molar-refractivity contribution < 1.29 is 24.2 Å². The Morgan fingerprint density at radius 2 is 1.44 bits per heavy atom. The first-order valence-electron chi connectivity index (χ1n) is 6.40. The van der Waals surface area contributed by atoms with Crippen LogP contribution in [0.3, 0.4) is 0 Å². The number of carbonyl (C=O) groups excluding carboxylic acids is 2. The molecule has 0 aliphatic carbocycles. The standard InChI is InChI=1S/C13H24O5/c1-6-13(9(4)10(5)14,11(15)17-7-2)12(16)18-8-3/h9-10,14H,6-8H2,1-5H3. The molecular formula is C13H24O5. The van der Waals surface area contributed by atoms with Crippen molar-refractivity contribution in [3.63, 3.8) is 0 Å². The molecule has 0 radical (unpaired) electrons. The Balaban J connectivity index is 5.45. The number of hydrogen-bond donors (Lipinski definition) is 1. The molecule has 2 unspecified atom stereocenters. The van der Waals surface area contributed by atoms with Gasteiger partial charge in [-0.2, -0.15) is 0 Å². The van der Waals surface area contributed by atoms with Gasteiger partial charge in [-0.15, -0.1) is 0 Å². The average molecular weight is 260 g/mol. The molecule has 0 fully saturated rings. The van der Waals surface area contributed by atoms with Crippen LogP contribution in [0.1, 0.15) is 41.0 Å². The minimum Gasteiger partial charge on any atom is -0.465 e. The maximum absolute atomic E-state index is 12.1. The predicted octanol–water partition coefficient (Wildman–Crippen LogP) is 1.53. The van der Waals surface area contributed by atoms with Gasteiger partial charge < -0.3 is 14.6 Å². The van der Waals surface area contributed by atoms with Crippen LogP contribution in [0.25, 0.3) is 0 Å². The maximum atomic E-state index is 12.1. The van der Waals surface area contributed by atoms with E-state index in [1.165, 1.54) is 0 Å². The van der Waals surface area contributed by atoms with E-state index in [2.05, 4.69) is 0 Å². The van der Waals surface area contributed by atoms with Crippen molar-refractivity contribution in [3.8, 4) is 0 Å². The van der Waals surface area contributed by atoms with E-state index in [1.807, 2.05) is 0 Å². The summed E-state index contributed by atoms with van der Waals surface area (Å²) < 4.78 is 9.97. The van der Waals surface area contributed by atoms with E-state index in [9.17, 15) is 14.7 Å². The zero-order valence-corrected chi connectivity index (χ0v) is 11.9. The van der Waals surface area contributed by atoms with E-state index in [1.54, 1.807) is 34.6 Å². The van der Waals surface area contributed by atoms with Crippen LogP contribution >= 0.6 is 0 Å². The van der Waals surface area contributed by atoms with Gasteiger partial charge in [0.2, 0.25) is 0 Å². The van der Waals surface area contributed by atoms with Crippen LogP contribution in [-0.2, 0) is 19.1 Å². The van der Waals surface area contributed by atoms with Crippen molar-refractivity contribution >= 4 is 11.9 Å². The van der Waals surface area contributed by atoms with Gasteiger partial charge in [-0.1, -0.05) is 13.8 Å². The quantitative estimate of drug-likeness (QED) is 0.555. The Hall–Kier alpha value is -1.10. The van der Waals surface area contributed by atoms with Gasteiger partial charge in [0.15, 0.2) is 5.41 Å². The molecule has 5 heteroatoms. The highest BCUT2D eigenvalue weighted by Gasteiger charge is 2.53. The van der Waals surface area contributed by atoms with Crippen LogP contribution in [0.4, 0.5) is 0 Å². The molecule has 5 nitrogen and oxygen atoms in total. The van der Waals surface area contributed by atoms with Gasteiger partial charge in [0.1, 0.15) is 0 Å². The Bertz CT molecular complexity index is 267. The third kappa shape index (κ3) is 3.22. The van der Waals surface area contributed by atoms with E-state index in [0.29, 0.717) is 0 Å². The molecule has 0 aliphatic rings. The zero-order valence-electron chi connectivity index (χ0n) is 11.9. The number of esters is 2. The molecule has 1 N–H and O–H groups in total. The minimum absolute atomic E-state index is 0.187. The first-order valence-corrected chi connectivity index (χ1v) is 6.40. The highest BCUT2D eigenvalue weighted by Crippen LogP contribution is 2.37. The van der Waals surface area contributed by atoms with E-state index in [-0.39, 0.29) is 19.6 Å². The SMILES string of the molecule is CCOC(=O)C(CC)(C(=O)OCC)C(C)C(C)O. The van der Waals surface area contributed by atoms with E-state index >= 15 is 0 Å². The highest BCUT2D eigenvalue weighted by molar-refractivity contribution is 6.00. The predicted molar refractivity (Wildman–Crippen MR) is 66.8 cm³/mol. The lowest BCUT2D eigenvalue weighted by Crippen LogP contribution is -2.49. The lowest BCUT2D eigenvalue weighted by molar-refractivity contribution is -0.180. The summed E-state index contributed by atoms with van der Waals surface area (Å²) in [4.78, 5) is 24.2. The second kappa shape index (κ2) is 7.36. The maximum Gasteiger partial charge on any atom is 0.323 e. The van der Waals surface area contributed by atoms with Gasteiger partial charge in [0.05, 0.1) is 19.3 Å². The van der Waals surface area contributed by atoms with E-state index < -0.39 is 29.4 Å². The van der Waals surface area contributed by atoms with Crippen molar-refractivity contribution in [3.05, 3.63) is 0 Å². The molecule has 0 aromatic carbocycles. The van der Waals surface area contributed by atoms with E-state index in [0.717, 1.165) is 0 Å². The normalized spacial score (nSPS) is 14.8. The van der Waals surface area contributed by atoms with Crippen LogP contribution in [0.2, 0.25) is 0 Å². The van der Waals surface area contributed by atoms with Crippen molar-refractivity contribution in [2.24, 2.45) is 11.3 Å². The molecule has 0 heterocycles. The first-order chi connectivity index (χ1) is 8.38. The molecule has 0 rings (SSSR count). The second-order valence-corrected chi connectivity index (χ2v) is 4.30. The highest BCUT2D eigenvalue weighted by atomic mass is 16.6. The largest absolute Gasteiger partial charge is 0.465 e. The van der Waals surface area contributed by atoms with Crippen molar-refractivity contribution in [1.29, 1.82) is 0 Å². The van der Waals surface area contributed by atoms with Crippen LogP contribution in [0.5, 0.6) is 0 Å². The fraction of sp³-hybridized carbons (Fsp3) is 0.846. The summed E-state index contributed by atoms with van der Waals surface area (Å²) in [6.45, 7) is 8.65. The molecule has 0 bridgehead atoms. The minimum atomic E-state index is -1.43. The van der Waals surface area contributed by atoms with Gasteiger partial charge in [-0.25, -0.2) is 0 Å². The van der Waals surface area contributed by atoms with Crippen LogP contribution < -0.4 is 0 Å². The molecule has 0 aliphatic heterocycles. The summed E-state index contributed by atoms with van der Waals surface area (Å²) in [5.74, 6) is -1.82. The van der Waals surface area contributed by atoms with Crippen molar-refractivity contribution in [1.82, 2.24) is 0 Å². The van der Waals surface area contributed by atoms with Gasteiger partial charge >= 0.3 is 11.9 Å². The molecule has 0 spiro atoms. The summed E-state index contributed by atoms with van der Waals surface area (Å²) in [7, 11) is 0. The molecule has 0 saturated carbocycles. The number of carbonyl (C=O) groups is 2.